The van der Waals surface area contributed by atoms with Crippen LogP contribution in [0.4, 0.5) is 0 Å². The van der Waals surface area contributed by atoms with Crippen LogP contribution in [0.3, 0.4) is 0 Å². The number of hydrogen-bond acceptors (Lipinski definition) is 4. The molecule has 19 heavy (non-hydrogen) atoms. The molecule has 0 unspecified atom stereocenters. The summed E-state index contributed by atoms with van der Waals surface area (Å²) in [4.78, 5) is 11.5. The molecule has 102 valence electrons. The highest BCUT2D eigenvalue weighted by atomic mass is 79.9. The molecule has 1 aromatic carbocycles. The van der Waals surface area contributed by atoms with E-state index in [1.54, 1.807) is 18.2 Å². The van der Waals surface area contributed by atoms with Crippen LogP contribution in [0.5, 0.6) is 5.75 Å². The molecule has 0 aliphatic rings. The van der Waals surface area contributed by atoms with E-state index < -0.39 is 5.60 Å². The number of rotatable bonds is 4. The van der Waals surface area contributed by atoms with Gasteiger partial charge in [-0.25, -0.2) is 0 Å². The summed E-state index contributed by atoms with van der Waals surface area (Å²) in [6.45, 7) is 5.63. The van der Waals surface area contributed by atoms with Crippen molar-refractivity contribution in [3.63, 3.8) is 0 Å². The van der Waals surface area contributed by atoms with Crippen LogP contribution >= 0.6 is 15.9 Å². The number of benzene rings is 1. The largest absolute Gasteiger partial charge is 0.492 e. The topological polar surface area (TPSA) is 59.3 Å². The molecular weight excluding hydrogens is 310 g/mol. The van der Waals surface area contributed by atoms with Gasteiger partial charge in [0.15, 0.2) is 0 Å². The zero-order valence-electron chi connectivity index (χ0n) is 11.2. The fraction of sp³-hybridized carbons (Fsp3) is 0.429. The van der Waals surface area contributed by atoms with Crippen LogP contribution < -0.4 is 4.74 Å². The standard InChI is InChI=1S/C14H16BrNO3/c1-14(2,3)19-13(17)6-7-18-12-5-4-11(15)8-10(12)9-16/h4-5,8H,6-7H2,1-3H3. The third-order valence-electron chi connectivity index (χ3n) is 2.05. The van der Waals surface area contributed by atoms with E-state index in [2.05, 4.69) is 15.9 Å². The zero-order valence-corrected chi connectivity index (χ0v) is 12.8. The van der Waals surface area contributed by atoms with Gasteiger partial charge < -0.3 is 9.47 Å². The lowest BCUT2D eigenvalue weighted by atomic mass is 10.2. The first-order valence-corrected chi connectivity index (χ1v) is 6.65. The second kappa shape index (κ2) is 6.58. The van der Waals surface area contributed by atoms with Crippen LogP contribution in [0.1, 0.15) is 32.8 Å². The predicted molar refractivity (Wildman–Crippen MR) is 74.8 cm³/mol. The maximum absolute atomic E-state index is 11.5. The minimum Gasteiger partial charge on any atom is -0.492 e. The third kappa shape index (κ3) is 5.75. The number of hydrogen-bond donors (Lipinski definition) is 0. The molecule has 0 heterocycles. The Balaban J connectivity index is 2.50. The van der Waals surface area contributed by atoms with E-state index >= 15 is 0 Å². The molecule has 0 N–H and O–H groups in total. The van der Waals surface area contributed by atoms with E-state index in [-0.39, 0.29) is 19.0 Å². The summed E-state index contributed by atoms with van der Waals surface area (Å²) < 4.78 is 11.4. The molecule has 1 aromatic rings. The Kier molecular flexibility index (Phi) is 5.37. The Morgan fingerprint density at radius 1 is 1.42 bits per heavy atom. The van der Waals surface area contributed by atoms with Gasteiger partial charge >= 0.3 is 5.97 Å². The molecule has 1 rings (SSSR count). The molecular formula is C14H16BrNO3. The lowest BCUT2D eigenvalue weighted by Gasteiger charge is -2.19. The van der Waals surface area contributed by atoms with E-state index in [0.29, 0.717) is 11.3 Å². The van der Waals surface area contributed by atoms with Crippen molar-refractivity contribution >= 4 is 21.9 Å². The Morgan fingerprint density at radius 3 is 2.68 bits per heavy atom. The van der Waals surface area contributed by atoms with Gasteiger partial charge in [0.25, 0.3) is 0 Å². The van der Waals surface area contributed by atoms with Gasteiger partial charge in [-0.2, -0.15) is 5.26 Å². The van der Waals surface area contributed by atoms with Crippen molar-refractivity contribution in [1.82, 2.24) is 0 Å². The quantitative estimate of drug-likeness (QED) is 0.796. The van der Waals surface area contributed by atoms with Gasteiger partial charge in [-0.15, -0.1) is 0 Å². The minimum absolute atomic E-state index is 0.151. The first kappa shape index (κ1) is 15.5. The Hall–Kier alpha value is -1.54. The number of carbonyl (C=O) groups excluding carboxylic acids is 1. The SMILES string of the molecule is CC(C)(C)OC(=O)CCOc1ccc(Br)cc1C#N. The molecule has 0 saturated carbocycles. The fourth-order valence-electron chi connectivity index (χ4n) is 1.35. The van der Waals surface area contributed by atoms with Crippen molar-refractivity contribution in [3.8, 4) is 11.8 Å². The van der Waals surface area contributed by atoms with Gasteiger partial charge in [0, 0.05) is 4.47 Å². The van der Waals surface area contributed by atoms with Crippen molar-refractivity contribution in [3.05, 3.63) is 28.2 Å². The van der Waals surface area contributed by atoms with E-state index in [0.717, 1.165) is 4.47 Å². The molecule has 0 atom stereocenters. The highest BCUT2D eigenvalue weighted by Crippen LogP contribution is 2.22. The Bertz CT molecular complexity index is 500. The van der Waals surface area contributed by atoms with Crippen LogP contribution in [-0.2, 0) is 9.53 Å². The molecule has 0 aliphatic carbocycles. The van der Waals surface area contributed by atoms with Gasteiger partial charge in [0.05, 0.1) is 18.6 Å². The predicted octanol–water partition coefficient (Wildman–Crippen LogP) is 3.43. The maximum atomic E-state index is 11.5. The van der Waals surface area contributed by atoms with Gasteiger partial charge in [-0.3, -0.25) is 4.79 Å². The molecule has 0 spiro atoms. The highest BCUT2D eigenvalue weighted by Gasteiger charge is 2.16. The molecule has 0 saturated heterocycles. The number of nitriles is 1. The van der Waals surface area contributed by atoms with Crippen molar-refractivity contribution in [2.24, 2.45) is 0 Å². The number of esters is 1. The lowest BCUT2D eigenvalue weighted by Crippen LogP contribution is -2.24. The summed E-state index contributed by atoms with van der Waals surface area (Å²) in [6.07, 6.45) is 0.151. The molecule has 4 nitrogen and oxygen atoms in total. The summed E-state index contributed by atoms with van der Waals surface area (Å²) in [6, 6.07) is 7.18. The average Bonchev–Trinajstić information content (AvgIpc) is 2.28. The highest BCUT2D eigenvalue weighted by molar-refractivity contribution is 9.10. The second-order valence-electron chi connectivity index (χ2n) is 4.94. The number of ether oxygens (including phenoxy) is 2. The van der Waals surface area contributed by atoms with E-state index in [1.807, 2.05) is 26.8 Å². The summed E-state index contributed by atoms with van der Waals surface area (Å²) in [5.41, 5.74) is -0.0643. The van der Waals surface area contributed by atoms with Crippen LogP contribution in [0.2, 0.25) is 0 Å². The van der Waals surface area contributed by atoms with Crippen molar-refractivity contribution < 1.29 is 14.3 Å². The van der Waals surface area contributed by atoms with Crippen LogP contribution in [0.15, 0.2) is 22.7 Å². The minimum atomic E-state index is -0.494. The molecule has 0 aliphatic heterocycles. The van der Waals surface area contributed by atoms with Crippen LogP contribution in [0.25, 0.3) is 0 Å². The molecule has 5 heteroatoms. The third-order valence-corrected chi connectivity index (χ3v) is 2.54. The summed E-state index contributed by atoms with van der Waals surface area (Å²) in [7, 11) is 0. The van der Waals surface area contributed by atoms with Crippen LogP contribution in [0, 0.1) is 11.3 Å². The van der Waals surface area contributed by atoms with Crippen LogP contribution in [-0.4, -0.2) is 18.2 Å². The maximum Gasteiger partial charge on any atom is 0.309 e. The fourth-order valence-corrected chi connectivity index (χ4v) is 1.71. The van der Waals surface area contributed by atoms with Crippen molar-refractivity contribution in [1.29, 1.82) is 5.26 Å². The summed E-state index contributed by atoms with van der Waals surface area (Å²) in [5.74, 6) is 0.150. The summed E-state index contributed by atoms with van der Waals surface area (Å²) >= 11 is 3.28. The van der Waals surface area contributed by atoms with Gasteiger partial charge in [0.2, 0.25) is 0 Å². The van der Waals surface area contributed by atoms with Gasteiger partial charge in [0.1, 0.15) is 17.4 Å². The van der Waals surface area contributed by atoms with Crippen molar-refractivity contribution in [2.45, 2.75) is 32.8 Å². The van der Waals surface area contributed by atoms with Gasteiger partial charge in [-0.1, -0.05) is 15.9 Å². The average molecular weight is 326 g/mol. The first-order chi connectivity index (χ1) is 8.81. The Labute approximate surface area is 121 Å². The normalized spacial score (nSPS) is 10.7. The summed E-state index contributed by atoms with van der Waals surface area (Å²) in [5, 5.41) is 8.96. The van der Waals surface area contributed by atoms with E-state index in [1.165, 1.54) is 0 Å². The Morgan fingerprint density at radius 2 is 2.11 bits per heavy atom. The van der Waals surface area contributed by atoms with E-state index in [4.69, 9.17) is 14.7 Å². The van der Waals surface area contributed by atoms with E-state index in [9.17, 15) is 4.79 Å². The second-order valence-corrected chi connectivity index (χ2v) is 5.85. The lowest BCUT2D eigenvalue weighted by molar-refractivity contribution is -0.155. The molecule has 0 bridgehead atoms. The monoisotopic (exact) mass is 325 g/mol. The molecule has 0 aromatic heterocycles. The van der Waals surface area contributed by atoms with Gasteiger partial charge in [-0.05, 0) is 39.0 Å². The molecule has 0 amide bonds. The molecule has 0 radical (unpaired) electrons. The zero-order chi connectivity index (χ0) is 14.5. The smallest absolute Gasteiger partial charge is 0.309 e. The number of halogens is 1. The van der Waals surface area contributed by atoms with Crippen molar-refractivity contribution in [2.75, 3.05) is 6.61 Å². The number of nitrogens with zero attached hydrogens (tertiary/aromatic N) is 1. The molecule has 0 fully saturated rings. The first-order valence-electron chi connectivity index (χ1n) is 5.86. The number of carbonyl (C=O) groups is 1.